The van der Waals surface area contributed by atoms with Crippen LogP contribution in [0.4, 0.5) is 0 Å². The minimum atomic E-state index is -4.27. The van der Waals surface area contributed by atoms with Gasteiger partial charge in [-0.3, -0.25) is 0 Å². The van der Waals surface area contributed by atoms with Gasteiger partial charge in [-0.15, -0.1) is 0 Å². The van der Waals surface area contributed by atoms with E-state index in [1.807, 2.05) is 11.8 Å². The second-order valence-electron chi connectivity index (χ2n) is 7.23. The molecular weight excluding hydrogens is 358 g/mol. The zero-order valence-corrected chi connectivity index (χ0v) is 17.4. The van der Waals surface area contributed by atoms with Crippen molar-refractivity contribution >= 4 is 10.1 Å². The fourth-order valence-corrected chi connectivity index (χ4v) is 4.57. The summed E-state index contributed by atoms with van der Waals surface area (Å²) in [5.74, 6) is 0. The summed E-state index contributed by atoms with van der Waals surface area (Å²) in [5.41, 5.74) is 2.84. The average molecular weight is 390 g/mol. The van der Waals surface area contributed by atoms with E-state index in [4.69, 9.17) is 0 Å². The first kappa shape index (κ1) is 21.6. The summed E-state index contributed by atoms with van der Waals surface area (Å²) in [4.78, 5) is 1.63. The molecular formula is C22H31NO3S. The van der Waals surface area contributed by atoms with Crippen LogP contribution in [-0.4, -0.2) is 26.1 Å². The Hall–Kier alpha value is -1.69. The molecule has 3 rings (SSSR count). The van der Waals surface area contributed by atoms with Gasteiger partial charge in [-0.2, -0.15) is 0 Å². The Morgan fingerprint density at radius 2 is 1.44 bits per heavy atom. The molecule has 0 unspecified atom stereocenters. The SMILES string of the molecule is CCC(CC)(c1ccccc1)[NH+]1CCCC1.Cc1ccc(S(=O)(=O)[O-])cc1. The van der Waals surface area contributed by atoms with Gasteiger partial charge in [0, 0.05) is 31.2 Å². The Morgan fingerprint density at radius 1 is 0.926 bits per heavy atom. The highest BCUT2D eigenvalue weighted by atomic mass is 32.2. The van der Waals surface area contributed by atoms with Crippen molar-refractivity contribution in [3.8, 4) is 0 Å². The monoisotopic (exact) mass is 389 g/mol. The molecule has 0 bridgehead atoms. The molecule has 148 valence electrons. The standard InChI is InChI=1S/C15H23N.C7H8O3S/c1-3-15(4-2,16-12-8-9-13-16)14-10-6-5-7-11-14;1-6-2-4-7(5-3-6)11(8,9)10/h5-7,10-11H,3-4,8-9,12-13H2,1-2H3;2-5H,1H3,(H,8,9,10). The molecule has 2 aromatic rings. The molecule has 27 heavy (non-hydrogen) atoms. The van der Waals surface area contributed by atoms with Gasteiger partial charge in [-0.1, -0.05) is 61.9 Å². The van der Waals surface area contributed by atoms with Crippen LogP contribution < -0.4 is 4.90 Å². The molecule has 4 nitrogen and oxygen atoms in total. The molecule has 1 saturated heterocycles. The molecule has 1 heterocycles. The Balaban J connectivity index is 0.000000208. The number of nitrogens with one attached hydrogen (secondary N) is 1. The molecule has 0 amide bonds. The van der Waals surface area contributed by atoms with E-state index in [-0.39, 0.29) is 4.90 Å². The van der Waals surface area contributed by atoms with Crippen molar-refractivity contribution in [3.05, 3.63) is 65.7 Å². The summed E-state index contributed by atoms with van der Waals surface area (Å²) < 4.78 is 31.2. The summed E-state index contributed by atoms with van der Waals surface area (Å²) in [6.07, 6.45) is 5.32. The third-order valence-electron chi connectivity index (χ3n) is 5.73. The highest BCUT2D eigenvalue weighted by Gasteiger charge is 2.40. The van der Waals surface area contributed by atoms with Crippen molar-refractivity contribution in [2.24, 2.45) is 0 Å². The fraction of sp³-hybridized carbons (Fsp3) is 0.455. The molecule has 0 spiro atoms. The van der Waals surface area contributed by atoms with E-state index < -0.39 is 10.1 Å². The van der Waals surface area contributed by atoms with Crippen molar-refractivity contribution in [1.29, 1.82) is 0 Å². The van der Waals surface area contributed by atoms with Crippen molar-refractivity contribution in [2.45, 2.75) is 56.9 Å². The minimum absolute atomic E-state index is 0.178. The normalized spacial score (nSPS) is 15.3. The van der Waals surface area contributed by atoms with Crippen LogP contribution in [0.2, 0.25) is 0 Å². The highest BCUT2D eigenvalue weighted by Crippen LogP contribution is 2.26. The van der Waals surface area contributed by atoms with Crippen LogP contribution in [0.25, 0.3) is 0 Å². The Kier molecular flexibility index (Phi) is 7.59. The second-order valence-corrected chi connectivity index (χ2v) is 8.61. The van der Waals surface area contributed by atoms with Crippen LogP contribution in [0.15, 0.2) is 59.5 Å². The highest BCUT2D eigenvalue weighted by molar-refractivity contribution is 7.85. The van der Waals surface area contributed by atoms with E-state index in [1.54, 1.807) is 12.1 Å². The van der Waals surface area contributed by atoms with Gasteiger partial charge >= 0.3 is 0 Å². The molecule has 1 aliphatic rings. The predicted molar refractivity (Wildman–Crippen MR) is 108 cm³/mol. The van der Waals surface area contributed by atoms with Crippen LogP contribution in [0.5, 0.6) is 0 Å². The lowest BCUT2D eigenvalue weighted by atomic mass is 9.83. The molecule has 0 atom stereocenters. The molecule has 1 N–H and O–H groups in total. The van der Waals surface area contributed by atoms with E-state index in [0.29, 0.717) is 5.54 Å². The van der Waals surface area contributed by atoms with Gasteiger partial charge in [0.15, 0.2) is 0 Å². The van der Waals surface area contributed by atoms with Gasteiger partial charge in [0.25, 0.3) is 0 Å². The second kappa shape index (κ2) is 9.49. The average Bonchev–Trinajstić information content (AvgIpc) is 3.20. The third kappa shape index (κ3) is 5.41. The summed E-state index contributed by atoms with van der Waals surface area (Å²) in [7, 11) is -4.27. The zero-order valence-electron chi connectivity index (χ0n) is 16.6. The Bertz CT molecular complexity index is 791. The zero-order chi connectivity index (χ0) is 19.9. The van der Waals surface area contributed by atoms with Crippen LogP contribution in [0.3, 0.4) is 0 Å². The van der Waals surface area contributed by atoms with Crippen molar-refractivity contribution in [1.82, 2.24) is 0 Å². The van der Waals surface area contributed by atoms with E-state index in [0.717, 1.165) is 5.56 Å². The molecule has 5 heteroatoms. The largest absolute Gasteiger partial charge is 0.744 e. The van der Waals surface area contributed by atoms with Crippen LogP contribution >= 0.6 is 0 Å². The lowest BCUT2D eigenvalue weighted by Crippen LogP contribution is -3.17. The van der Waals surface area contributed by atoms with Crippen LogP contribution in [0.1, 0.15) is 50.7 Å². The van der Waals surface area contributed by atoms with Gasteiger partial charge in [0.05, 0.1) is 18.0 Å². The molecule has 0 aromatic heterocycles. The number of benzene rings is 2. The van der Waals surface area contributed by atoms with E-state index in [9.17, 15) is 13.0 Å². The summed E-state index contributed by atoms with van der Waals surface area (Å²) >= 11 is 0. The van der Waals surface area contributed by atoms with Gasteiger partial charge < -0.3 is 9.45 Å². The van der Waals surface area contributed by atoms with Gasteiger partial charge in [0.1, 0.15) is 15.7 Å². The van der Waals surface area contributed by atoms with Gasteiger partial charge in [-0.05, 0) is 19.1 Å². The number of hydrogen-bond acceptors (Lipinski definition) is 3. The first-order chi connectivity index (χ1) is 12.8. The predicted octanol–water partition coefficient (Wildman–Crippen LogP) is 3.28. The van der Waals surface area contributed by atoms with E-state index in [1.165, 1.54) is 56.5 Å². The summed E-state index contributed by atoms with van der Waals surface area (Å²) in [6.45, 7) is 9.23. The quantitative estimate of drug-likeness (QED) is 0.799. The maximum atomic E-state index is 10.4. The number of likely N-dealkylation sites (tertiary alicyclic amines) is 1. The van der Waals surface area contributed by atoms with Gasteiger partial charge in [-0.25, -0.2) is 8.42 Å². The molecule has 2 aromatic carbocycles. The topological polar surface area (TPSA) is 61.6 Å². The van der Waals surface area contributed by atoms with Crippen molar-refractivity contribution in [2.75, 3.05) is 13.1 Å². The lowest BCUT2D eigenvalue weighted by molar-refractivity contribution is -0.951. The van der Waals surface area contributed by atoms with E-state index in [2.05, 4.69) is 44.2 Å². The van der Waals surface area contributed by atoms with Gasteiger partial charge in [0.2, 0.25) is 0 Å². The maximum absolute atomic E-state index is 10.4. The van der Waals surface area contributed by atoms with E-state index >= 15 is 0 Å². The smallest absolute Gasteiger partial charge is 0.124 e. The first-order valence-electron chi connectivity index (χ1n) is 9.76. The maximum Gasteiger partial charge on any atom is 0.124 e. The summed E-state index contributed by atoms with van der Waals surface area (Å²) in [6, 6.07) is 16.9. The first-order valence-corrected chi connectivity index (χ1v) is 11.2. The number of aryl methyl sites for hydroxylation is 1. The Labute approximate surface area is 164 Å². The molecule has 1 aliphatic heterocycles. The lowest BCUT2D eigenvalue weighted by Gasteiger charge is -2.38. The fourth-order valence-electron chi connectivity index (χ4n) is 4.10. The molecule has 0 saturated carbocycles. The molecule has 1 fully saturated rings. The van der Waals surface area contributed by atoms with Crippen LogP contribution in [-0.2, 0) is 15.7 Å². The number of hydrogen-bond donors (Lipinski definition) is 1. The minimum Gasteiger partial charge on any atom is -0.744 e. The Morgan fingerprint density at radius 3 is 1.89 bits per heavy atom. The molecule has 0 aliphatic carbocycles. The van der Waals surface area contributed by atoms with Crippen molar-refractivity contribution in [3.63, 3.8) is 0 Å². The molecule has 0 radical (unpaired) electrons. The van der Waals surface area contributed by atoms with Crippen molar-refractivity contribution < 1.29 is 17.9 Å². The number of rotatable bonds is 5. The third-order valence-corrected chi connectivity index (χ3v) is 6.58. The summed E-state index contributed by atoms with van der Waals surface area (Å²) in [5, 5.41) is 0. The van der Waals surface area contributed by atoms with Crippen LogP contribution in [0, 0.1) is 6.92 Å². The number of quaternary nitrogens is 1.